The SMILES string of the molecule is CCCCCCCCCC(CC(N)=O)C(CC(C)OCCCCCCCC)(C[N+](C)(C)C)OP(=O)(O)O. The van der Waals surface area contributed by atoms with Gasteiger partial charge in [0, 0.05) is 25.4 Å². The summed E-state index contributed by atoms with van der Waals surface area (Å²) in [6, 6.07) is 0. The second kappa shape index (κ2) is 19.5. The minimum atomic E-state index is -4.85. The Hall–Kier alpha value is -0.500. The number of carbonyl (C=O) groups excluding carboxylic acids is 1. The van der Waals surface area contributed by atoms with Gasteiger partial charge in [-0.05, 0) is 19.8 Å². The van der Waals surface area contributed by atoms with Crippen molar-refractivity contribution >= 4 is 13.7 Å². The Morgan fingerprint density at radius 1 is 0.892 bits per heavy atom. The van der Waals surface area contributed by atoms with E-state index in [0.717, 1.165) is 32.1 Å². The van der Waals surface area contributed by atoms with Crippen molar-refractivity contribution in [3.05, 3.63) is 0 Å². The van der Waals surface area contributed by atoms with Gasteiger partial charge in [0.15, 0.2) is 0 Å². The fraction of sp³-hybridized carbons (Fsp3) is 0.964. The molecule has 0 spiro atoms. The van der Waals surface area contributed by atoms with Gasteiger partial charge in [0.25, 0.3) is 0 Å². The van der Waals surface area contributed by atoms with Gasteiger partial charge in [-0.3, -0.25) is 9.32 Å². The molecule has 0 fully saturated rings. The van der Waals surface area contributed by atoms with Gasteiger partial charge >= 0.3 is 7.82 Å². The largest absolute Gasteiger partial charge is 0.470 e. The first kappa shape index (κ1) is 36.5. The monoisotopic (exact) mass is 551 g/mol. The number of primary amides is 1. The van der Waals surface area contributed by atoms with Crippen LogP contribution in [0.2, 0.25) is 0 Å². The first-order chi connectivity index (χ1) is 17.2. The zero-order valence-corrected chi connectivity index (χ0v) is 25.8. The molecule has 3 unspecified atom stereocenters. The molecule has 4 N–H and O–H groups in total. The molecule has 1 amide bonds. The van der Waals surface area contributed by atoms with E-state index in [2.05, 4.69) is 13.8 Å². The number of phosphoric acid groups is 1. The quantitative estimate of drug-likeness (QED) is 0.0693. The molecule has 3 atom stereocenters. The number of rotatable bonds is 25. The van der Waals surface area contributed by atoms with E-state index >= 15 is 0 Å². The zero-order chi connectivity index (χ0) is 28.4. The van der Waals surface area contributed by atoms with E-state index < -0.39 is 25.2 Å². The van der Waals surface area contributed by atoms with Crippen LogP contribution in [-0.4, -0.2) is 66.2 Å². The third kappa shape index (κ3) is 20.1. The second-order valence-corrected chi connectivity index (χ2v) is 13.2. The van der Waals surface area contributed by atoms with Crippen molar-refractivity contribution < 1.29 is 32.9 Å². The van der Waals surface area contributed by atoms with Crippen LogP contribution >= 0.6 is 7.82 Å². The zero-order valence-electron chi connectivity index (χ0n) is 24.9. The molecule has 0 radical (unpaired) electrons. The number of hydrogen-bond acceptors (Lipinski definition) is 4. The van der Waals surface area contributed by atoms with Crippen LogP contribution < -0.4 is 5.73 Å². The Morgan fingerprint density at radius 2 is 1.38 bits per heavy atom. The number of likely N-dealkylation sites (N-methyl/N-ethyl adjacent to an activating group) is 1. The summed E-state index contributed by atoms with van der Waals surface area (Å²) in [6.07, 6.45) is 15.5. The van der Waals surface area contributed by atoms with Gasteiger partial charge < -0.3 is 24.7 Å². The molecule has 9 heteroatoms. The average Bonchev–Trinajstić information content (AvgIpc) is 2.74. The summed E-state index contributed by atoms with van der Waals surface area (Å²) < 4.78 is 24.5. The summed E-state index contributed by atoms with van der Waals surface area (Å²) >= 11 is 0. The molecule has 0 aliphatic rings. The van der Waals surface area contributed by atoms with E-state index in [1.807, 2.05) is 28.1 Å². The molecule has 0 aliphatic heterocycles. The molecule has 222 valence electrons. The van der Waals surface area contributed by atoms with E-state index in [0.29, 0.717) is 24.1 Å². The predicted octanol–water partition coefficient (Wildman–Crippen LogP) is 6.33. The molecule has 0 aromatic rings. The number of carbonyl (C=O) groups is 1. The third-order valence-corrected chi connectivity index (χ3v) is 7.53. The Kier molecular flexibility index (Phi) is 19.3. The summed E-state index contributed by atoms with van der Waals surface area (Å²) in [5.41, 5.74) is 4.42. The lowest BCUT2D eigenvalue weighted by Gasteiger charge is -2.44. The van der Waals surface area contributed by atoms with Crippen LogP contribution in [0.3, 0.4) is 0 Å². The standard InChI is InChI=1S/C28H59N2O6P/c1-7-9-11-13-15-16-18-20-26(22-27(29)31)28(24-30(4,5)6,36-37(32,33)34)23-25(3)35-21-19-17-14-12-10-8-2/h25-26H,7-24H2,1-6H3,(H3-,29,31,32,33,34)/p+1. The third-order valence-electron chi connectivity index (χ3n) is 6.92. The Labute approximate surface area is 227 Å². The van der Waals surface area contributed by atoms with Gasteiger partial charge in [0.1, 0.15) is 12.1 Å². The smallest absolute Gasteiger partial charge is 0.378 e. The highest BCUT2D eigenvalue weighted by Crippen LogP contribution is 2.49. The fourth-order valence-corrected chi connectivity index (χ4v) is 6.15. The Bertz CT molecular complexity index is 637. The molecule has 0 bridgehead atoms. The Balaban J connectivity index is 5.59. The van der Waals surface area contributed by atoms with Crippen molar-refractivity contribution in [3.63, 3.8) is 0 Å². The van der Waals surface area contributed by atoms with E-state index in [9.17, 15) is 19.1 Å². The van der Waals surface area contributed by atoms with E-state index in [-0.39, 0.29) is 18.9 Å². The summed E-state index contributed by atoms with van der Waals surface area (Å²) in [4.78, 5) is 32.1. The number of unbranched alkanes of at least 4 members (excludes halogenated alkanes) is 11. The maximum absolute atomic E-state index is 12.3. The molecule has 0 aromatic heterocycles. The normalized spacial score (nSPS) is 15.9. The van der Waals surface area contributed by atoms with E-state index in [1.165, 1.54) is 51.4 Å². The van der Waals surface area contributed by atoms with Crippen molar-refractivity contribution in [3.8, 4) is 0 Å². The molecule has 0 saturated carbocycles. The van der Waals surface area contributed by atoms with Crippen LogP contribution in [0.4, 0.5) is 0 Å². The first-order valence-corrected chi connectivity index (χ1v) is 16.2. The van der Waals surface area contributed by atoms with Crippen molar-refractivity contribution in [2.24, 2.45) is 11.7 Å². The summed E-state index contributed by atoms with van der Waals surface area (Å²) in [7, 11) is 1.05. The highest BCUT2D eigenvalue weighted by molar-refractivity contribution is 7.46. The molecular weight excluding hydrogens is 491 g/mol. The van der Waals surface area contributed by atoms with Crippen LogP contribution in [0.1, 0.15) is 124 Å². The van der Waals surface area contributed by atoms with Crippen molar-refractivity contribution in [1.29, 1.82) is 0 Å². The molecular formula is C28H60N2O6P+. The maximum Gasteiger partial charge on any atom is 0.470 e. The number of phosphoric ester groups is 1. The van der Waals surface area contributed by atoms with Crippen LogP contribution in [-0.2, 0) is 18.6 Å². The van der Waals surface area contributed by atoms with E-state index in [4.69, 9.17) is 15.0 Å². The van der Waals surface area contributed by atoms with Gasteiger partial charge in [-0.2, -0.15) is 0 Å². The lowest BCUT2D eigenvalue weighted by molar-refractivity contribution is -0.877. The van der Waals surface area contributed by atoms with Crippen LogP contribution in [0.25, 0.3) is 0 Å². The highest BCUT2D eigenvalue weighted by atomic mass is 31.2. The molecule has 0 heterocycles. The lowest BCUT2D eigenvalue weighted by atomic mass is 9.77. The number of nitrogens with two attached hydrogens (primary N) is 1. The van der Waals surface area contributed by atoms with Gasteiger partial charge in [0.05, 0.1) is 27.2 Å². The number of ether oxygens (including phenoxy) is 1. The van der Waals surface area contributed by atoms with Gasteiger partial charge in [0.2, 0.25) is 5.91 Å². The average molecular weight is 552 g/mol. The molecule has 0 aliphatic carbocycles. The lowest BCUT2D eigenvalue weighted by Crippen LogP contribution is -2.56. The number of quaternary nitrogens is 1. The predicted molar refractivity (Wildman–Crippen MR) is 152 cm³/mol. The van der Waals surface area contributed by atoms with Crippen molar-refractivity contribution in [2.75, 3.05) is 34.3 Å². The summed E-state index contributed by atoms with van der Waals surface area (Å²) in [5.74, 6) is -0.889. The molecule has 0 aromatic carbocycles. The topological polar surface area (TPSA) is 119 Å². The number of hydrogen-bond donors (Lipinski definition) is 3. The van der Waals surface area contributed by atoms with Crippen molar-refractivity contribution in [2.45, 2.75) is 135 Å². The molecule has 8 nitrogen and oxygen atoms in total. The minimum Gasteiger partial charge on any atom is -0.378 e. The summed E-state index contributed by atoms with van der Waals surface area (Å²) in [5, 5.41) is 0. The second-order valence-electron chi connectivity index (χ2n) is 12.0. The van der Waals surface area contributed by atoms with Crippen LogP contribution in [0.5, 0.6) is 0 Å². The van der Waals surface area contributed by atoms with Crippen LogP contribution in [0.15, 0.2) is 0 Å². The molecule has 0 saturated heterocycles. The molecule has 0 rings (SSSR count). The van der Waals surface area contributed by atoms with Crippen molar-refractivity contribution in [1.82, 2.24) is 0 Å². The maximum atomic E-state index is 12.3. The van der Waals surface area contributed by atoms with Crippen LogP contribution in [0, 0.1) is 5.92 Å². The van der Waals surface area contributed by atoms with Gasteiger partial charge in [-0.1, -0.05) is 90.9 Å². The first-order valence-electron chi connectivity index (χ1n) is 14.7. The van der Waals surface area contributed by atoms with Gasteiger partial charge in [-0.25, -0.2) is 4.57 Å². The number of nitrogens with zero attached hydrogens (tertiary/aromatic N) is 1. The van der Waals surface area contributed by atoms with E-state index in [1.54, 1.807) is 0 Å². The molecule has 37 heavy (non-hydrogen) atoms. The highest BCUT2D eigenvalue weighted by Gasteiger charge is 2.49. The van der Waals surface area contributed by atoms with Gasteiger partial charge in [-0.15, -0.1) is 0 Å². The number of amides is 1. The minimum absolute atomic E-state index is 0.0278. The summed E-state index contributed by atoms with van der Waals surface area (Å²) in [6.45, 7) is 7.26. The Morgan fingerprint density at radius 3 is 1.84 bits per heavy atom. The fourth-order valence-electron chi connectivity index (χ4n) is 5.39.